The van der Waals surface area contributed by atoms with Gasteiger partial charge in [-0.3, -0.25) is 9.59 Å². The highest BCUT2D eigenvalue weighted by Gasteiger charge is 2.71. The average Bonchev–Trinajstić information content (AvgIpc) is 3.62. The van der Waals surface area contributed by atoms with E-state index in [9.17, 15) is 19.8 Å². The predicted octanol–water partition coefficient (Wildman–Crippen LogP) is 3.16. The molecule has 9 heterocycles. The number of aliphatic hydroxyl groups is 2. The van der Waals surface area contributed by atoms with Gasteiger partial charge in [-0.25, -0.2) is 0 Å². The Morgan fingerprint density at radius 2 is 1.64 bits per heavy atom. The third kappa shape index (κ3) is 6.82. The Balaban J connectivity index is 0.992. The van der Waals surface area contributed by atoms with E-state index in [2.05, 4.69) is 6.58 Å². The van der Waals surface area contributed by atoms with Gasteiger partial charge in [-0.1, -0.05) is 13.5 Å². The zero-order valence-corrected chi connectivity index (χ0v) is 31.4. The number of ether oxygens (including phenoxy) is 7. The van der Waals surface area contributed by atoms with Crippen molar-refractivity contribution in [2.75, 3.05) is 13.7 Å². The lowest BCUT2D eigenvalue weighted by Gasteiger charge is -2.71. The van der Waals surface area contributed by atoms with Gasteiger partial charge >= 0.3 is 0 Å². The molecule has 9 saturated heterocycles. The van der Waals surface area contributed by atoms with E-state index < -0.39 is 36.3 Å². The number of Topliss-reactive ketones (excluding diaryl/α,β-unsaturated/α-hetero) is 2. The van der Waals surface area contributed by atoms with Crippen molar-refractivity contribution in [3.05, 3.63) is 12.2 Å². The van der Waals surface area contributed by atoms with E-state index in [1.807, 2.05) is 6.92 Å². The minimum Gasteiger partial charge on any atom is -0.392 e. The van der Waals surface area contributed by atoms with Crippen LogP contribution in [0.25, 0.3) is 0 Å². The summed E-state index contributed by atoms with van der Waals surface area (Å²) in [5.74, 6) is -0.186. The molecule has 11 aliphatic rings. The molecule has 0 aromatic carbocycles. The Kier molecular flexibility index (Phi) is 10.2. The summed E-state index contributed by atoms with van der Waals surface area (Å²) in [6, 6.07) is 0. The molecule has 8 unspecified atom stereocenters. The summed E-state index contributed by atoms with van der Waals surface area (Å²) in [5, 5.41) is 22.7. The Bertz CT molecular complexity index is 1410. The molecular formula is C41H61NO11. The summed E-state index contributed by atoms with van der Waals surface area (Å²) in [5.41, 5.74) is 6.85. The highest BCUT2D eigenvalue weighted by Crippen LogP contribution is 2.65. The zero-order valence-electron chi connectivity index (χ0n) is 31.4. The van der Waals surface area contributed by atoms with Crippen LogP contribution in [0.2, 0.25) is 0 Å². The Morgan fingerprint density at radius 3 is 2.45 bits per heavy atom. The van der Waals surface area contributed by atoms with Crippen LogP contribution in [-0.2, 0) is 42.7 Å². The van der Waals surface area contributed by atoms with Crippen LogP contribution in [0.15, 0.2) is 12.2 Å². The molecule has 0 spiro atoms. The fourth-order valence-electron chi connectivity index (χ4n) is 12.4. The molecule has 2 aliphatic carbocycles. The number of rotatable bonds is 4. The quantitative estimate of drug-likeness (QED) is 0.361. The molecule has 11 rings (SSSR count). The highest BCUT2D eigenvalue weighted by molar-refractivity contribution is 5.86. The van der Waals surface area contributed by atoms with Crippen molar-refractivity contribution in [2.24, 2.45) is 41.2 Å². The highest BCUT2D eigenvalue weighted by atomic mass is 16.7. The SMILES string of the molecule is C=C1C[C@@H]2CC[C@@]3(O)CC4OC5C6[C@@H](O3)C3O[C@H](CC[C@@H]3C[C@H]6[C@H]45)CC(=O)C[C@H]3[C@H](CC4OC(CCC1O2)C[C@@H](C)C4=O)OC(C[C@H](O)CN)[C@@H]3OC. The van der Waals surface area contributed by atoms with E-state index in [4.69, 9.17) is 38.9 Å². The minimum atomic E-state index is -1.34. The van der Waals surface area contributed by atoms with Crippen LogP contribution in [0, 0.1) is 35.5 Å². The summed E-state index contributed by atoms with van der Waals surface area (Å²) in [6.45, 7) is 6.43. The Morgan fingerprint density at radius 1 is 0.849 bits per heavy atom. The second-order valence-electron chi connectivity index (χ2n) is 18.4. The van der Waals surface area contributed by atoms with Crippen molar-refractivity contribution >= 4 is 11.6 Å². The molecule has 4 N–H and O–H groups in total. The lowest BCUT2D eigenvalue weighted by atomic mass is 9.47. The molecule has 0 radical (unpaired) electrons. The van der Waals surface area contributed by atoms with Crippen LogP contribution in [-0.4, -0.2) is 121 Å². The number of ketones is 2. The number of methoxy groups -OCH3 is 1. The van der Waals surface area contributed by atoms with Crippen LogP contribution in [0.5, 0.6) is 0 Å². The molecule has 2 saturated carbocycles. The zero-order chi connectivity index (χ0) is 36.8. The molecule has 12 heteroatoms. The second-order valence-corrected chi connectivity index (χ2v) is 18.4. The van der Waals surface area contributed by atoms with Crippen LogP contribution in [0.1, 0.15) is 96.8 Å². The van der Waals surface area contributed by atoms with Crippen molar-refractivity contribution in [3.63, 3.8) is 0 Å². The van der Waals surface area contributed by atoms with Gasteiger partial charge in [0.2, 0.25) is 0 Å². The summed E-state index contributed by atoms with van der Waals surface area (Å²) in [7, 11) is 1.62. The molecule has 13 bridgehead atoms. The van der Waals surface area contributed by atoms with Crippen molar-refractivity contribution in [3.8, 4) is 0 Å². The van der Waals surface area contributed by atoms with Crippen molar-refractivity contribution in [2.45, 2.75) is 182 Å². The van der Waals surface area contributed by atoms with Gasteiger partial charge in [-0.05, 0) is 68.8 Å². The van der Waals surface area contributed by atoms with Gasteiger partial charge in [-0.15, -0.1) is 0 Å². The summed E-state index contributed by atoms with van der Waals surface area (Å²) < 4.78 is 45.9. The number of carbonyl (C=O) groups excluding carboxylic acids is 2. The molecule has 11 fully saturated rings. The van der Waals surface area contributed by atoms with Crippen LogP contribution < -0.4 is 5.73 Å². The van der Waals surface area contributed by atoms with Gasteiger partial charge in [0, 0.05) is 75.9 Å². The molecule has 12 nitrogen and oxygen atoms in total. The predicted molar refractivity (Wildman–Crippen MR) is 189 cm³/mol. The average molecular weight is 744 g/mol. The minimum absolute atomic E-state index is 0.0236. The van der Waals surface area contributed by atoms with Crippen molar-refractivity contribution < 1.29 is 53.0 Å². The van der Waals surface area contributed by atoms with Gasteiger partial charge < -0.3 is 49.1 Å². The van der Waals surface area contributed by atoms with Crippen LogP contribution >= 0.6 is 0 Å². The molecule has 53 heavy (non-hydrogen) atoms. The first-order valence-electron chi connectivity index (χ1n) is 20.8. The van der Waals surface area contributed by atoms with Crippen LogP contribution in [0.3, 0.4) is 0 Å². The van der Waals surface area contributed by atoms with E-state index in [0.717, 1.165) is 44.1 Å². The summed E-state index contributed by atoms with van der Waals surface area (Å²) >= 11 is 0. The fourth-order valence-corrected chi connectivity index (χ4v) is 12.4. The largest absolute Gasteiger partial charge is 0.392 e. The van der Waals surface area contributed by atoms with Crippen molar-refractivity contribution in [1.29, 1.82) is 0 Å². The molecular weight excluding hydrogens is 682 g/mol. The Labute approximate surface area is 313 Å². The fraction of sp³-hybridized carbons (Fsp3) is 0.902. The van der Waals surface area contributed by atoms with Gasteiger partial charge in [0.05, 0.1) is 73.2 Å². The van der Waals surface area contributed by atoms with E-state index in [-0.39, 0.29) is 104 Å². The molecule has 20 atom stereocenters. The molecule has 9 aliphatic heterocycles. The maximum Gasteiger partial charge on any atom is 0.168 e. The molecule has 0 aromatic rings. The molecule has 0 amide bonds. The molecule has 296 valence electrons. The second kappa shape index (κ2) is 14.6. The van der Waals surface area contributed by atoms with E-state index in [0.29, 0.717) is 49.9 Å². The first-order chi connectivity index (χ1) is 25.5. The number of carbonyl (C=O) groups is 2. The smallest absolute Gasteiger partial charge is 0.168 e. The number of nitrogens with two attached hydrogens (primary N) is 1. The summed E-state index contributed by atoms with van der Waals surface area (Å²) in [6.07, 6.45) is 4.62. The first kappa shape index (κ1) is 37.3. The van der Waals surface area contributed by atoms with Gasteiger partial charge in [0.25, 0.3) is 0 Å². The number of hydrogen-bond donors (Lipinski definition) is 3. The topological polar surface area (TPSA) is 165 Å². The maximum absolute atomic E-state index is 14.1. The van der Waals surface area contributed by atoms with Gasteiger partial charge in [0.1, 0.15) is 11.9 Å². The number of aliphatic hydroxyl groups excluding tert-OH is 1. The van der Waals surface area contributed by atoms with E-state index in [1.54, 1.807) is 7.11 Å². The van der Waals surface area contributed by atoms with Gasteiger partial charge in [0.15, 0.2) is 11.6 Å². The third-order valence-corrected chi connectivity index (χ3v) is 15.1. The first-order valence-corrected chi connectivity index (χ1v) is 20.8. The third-order valence-electron chi connectivity index (χ3n) is 15.1. The monoisotopic (exact) mass is 743 g/mol. The van der Waals surface area contributed by atoms with Crippen molar-refractivity contribution in [1.82, 2.24) is 0 Å². The van der Waals surface area contributed by atoms with Crippen LogP contribution in [0.4, 0.5) is 0 Å². The maximum atomic E-state index is 14.1. The molecule has 0 aromatic heterocycles. The van der Waals surface area contributed by atoms with E-state index in [1.165, 1.54) is 0 Å². The Hall–Kier alpha value is -1.32. The van der Waals surface area contributed by atoms with E-state index >= 15 is 0 Å². The lowest BCUT2D eigenvalue weighted by Crippen LogP contribution is -2.78. The lowest BCUT2D eigenvalue weighted by molar-refractivity contribution is -0.418. The standard InChI is InChI=1S/C41H61NO11/c1-19-10-26-8-9-41(46)17-33-34-28-12-21-4-5-25(50-37(21)40(53-41)35(28)39(34)52-33)13-22(43)14-27-30(51-32(38(27)47-3)15-23(44)18-42)16-31-36(45)20(2)11-24(49-31)6-7-29(19)48-26/h20-21,23-35,37-40,44,46H,1,4-18,42H2,2-3H3/t20-,21-,23+,24?,25-,26+,27+,28+,29?,30+,31?,32?,33?,34-,35?,37?,38-,39?,40-,41+/m1/s1. The number of fused-ring (bicyclic) bond motifs is 6. The van der Waals surface area contributed by atoms with Gasteiger partial charge in [-0.2, -0.15) is 0 Å². The number of hydrogen-bond acceptors (Lipinski definition) is 12. The normalized spacial score (nSPS) is 53.0. The summed E-state index contributed by atoms with van der Waals surface area (Å²) in [4.78, 5) is 27.7.